The Balaban J connectivity index is 2.13. The molecule has 0 radical (unpaired) electrons. The van der Waals surface area contributed by atoms with Crippen molar-refractivity contribution in [3.8, 4) is 0 Å². The SMILES string of the molecule is NC[C@H](N)CN1CCOCC1. The van der Waals surface area contributed by atoms with Crippen molar-refractivity contribution < 1.29 is 4.74 Å². The van der Waals surface area contributed by atoms with Crippen LogP contribution in [-0.4, -0.2) is 50.3 Å². The van der Waals surface area contributed by atoms with Gasteiger partial charge in [-0.1, -0.05) is 0 Å². The van der Waals surface area contributed by atoms with Gasteiger partial charge in [-0.25, -0.2) is 0 Å². The second-order valence-corrected chi connectivity index (χ2v) is 2.91. The molecule has 0 aromatic heterocycles. The molecule has 66 valence electrons. The maximum atomic E-state index is 5.70. The first-order valence-electron chi connectivity index (χ1n) is 4.08. The highest BCUT2D eigenvalue weighted by molar-refractivity contribution is 4.70. The molecule has 1 atom stereocenters. The maximum absolute atomic E-state index is 5.70. The van der Waals surface area contributed by atoms with Crippen molar-refractivity contribution in [1.82, 2.24) is 4.90 Å². The van der Waals surface area contributed by atoms with Gasteiger partial charge in [0.2, 0.25) is 0 Å². The lowest BCUT2D eigenvalue weighted by molar-refractivity contribution is 0.0357. The van der Waals surface area contributed by atoms with Crippen LogP contribution in [0.5, 0.6) is 0 Å². The van der Waals surface area contributed by atoms with Gasteiger partial charge in [0.05, 0.1) is 13.2 Å². The van der Waals surface area contributed by atoms with Crippen LogP contribution in [0.3, 0.4) is 0 Å². The van der Waals surface area contributed by atoms with E-state index < -0.39 is 0 Å². The van der Waals surface area contributed by atoms with Gasteiger partial charge in [0.1, 0.15) is 0 Å². The molecular weight excluding hydrogens is 142 g/mol. The van der Waals surface area contributed by atoms with E-state index in [-0.39, 0.29) is 6.04 Å². The summed E-state index contributed by atoms with van der Waals surface area (Å²) in [6.45, 7) is 5.12. The van der Waals surface area contributed by atoms with E-state index >= 15 is 0 Å². The van der Waals surface area contributed by atoms with Gasteiger partial charge in [-0.3, -0.25) is 4.90 Å². The molecule has 11 heavy (non-hydrogen) atoms. The molecule has 1 rings (SSSR count). The van der Waals surface area contributed by atoms with Gasteiger partial charge in [-0.15, -0.1) is 0 Å². The van der Waals surface area contributed by atoms with Crippen LogP contribution in [0.15, 0.2) is 0 Å². The largest absolute Gasteiger partial charge is 0.379 e. The molecule has 4 heteroatoms. The molecule has 1 aliphatic heterocycles. The predicted octanol–water partition coefficient (Wildman–Crippen LogP) is -1.40. The lowest BCUT2D eigenvalue weighted by Crippen LogP contribution is -2.46. The van der Waals surface area contributed by atoms with Gasteiger partial charge in [0.15, 0.2) is 0 Å². The molecule has 0 bridgehead atoms. The van der Waals surface area contributed by atoms with Gasteiger partial charge < -0.3 is 16.2 Å². The van der Waals surface area contributed by atoms with Gasteiger partial charge in [-0.05, 0) is 0 Å². The van der Waals surface area contributed by atoms with E-state index in [4.69, 9.17) is 16.2 Å². The Bertz CT molecular complexity index is 104. The summed E-state index contributed by atoms with van der Waals surface area (Å²) in [6, 6.07) is 0.119. The fourth-order valence-electron chi connectivity index (χ4n) is 1.19. The topological polar surface area (TPSA) is 64.5 Å². The van der Waals surface area contributed by atoms with Crippen LogP contribution in [0.2, 0.25) is 0 Å². The molecule has 1 fully saturated rings. The van der Waals surface area contributed by atoms with Gasteiger partial charge in [-0.2, -0.15) is 0 Å². The second kappa shape index (κ2) is 4.66. The summed E-state index contributed by atoms with van der Waals surface area (Å²) in [5, 5.41) is 0. The molecule has 1 heterocycles. The van der Waals surface area contributed by atoms with E-state index in [1.54, 1.807) is 0 Å². The average Bonchev–Trinajstić information content (AvgIpc) is 2.06. The van der Waals surface area contributed by atoms with E-state index in [1.807, 2.05) is 0 Å². The summed E-state index contributed by atoms with van der Waals surface area (Å²) in [4.78, 5) is 2.29. The Morgan fingerprint density at radius 2 is 2.00 bits per heavy atom. The van der Waals surface area contributed by atoms with E-state index in [2.05, 4.69) is 4.90 Å². The van der Waals surface area contributed by atoms with Crippen LogP contribution in [-0.2, 0) is 4.74 Å². The minimum absolute atomic E-state index is 0.119. The Morgan fingerprint density at radius 3 is 2.55 bits per heavy atom. The zero-order chi connectivity index (χ0) is 8.10. The number of hydrogen-bond donors (Lipinski definition) is 2. The van der Waals surface area contributed by atoms with Gasteiger partial charge >= 0.3 is 0 Å². The van der Waals surface area contributed by atoms with Gasteiger partial charge in [0, 0.05) is 32.2 Å². The van der Waals surface area contributed by atoms with Crippen LogP contribution in [0.25, 0.3) is 0 Å². The Hall–Kier alpha value is -0.160. The monoisotopic (exact) mass is 159 g/mol. The van der Waals surface area contributed by atoms with Crippen molar-refractivity contribution in [2.24, 2.45) is 11.5 Å². The normalized spacial score (nSPS) is 23.5. The molecule has 4 nitrogen and oxygen atoms in total. The maximum Gasteiger partial charge on any atom is 0.0594 e. The zero-order valence-electron chi connectivity index (χ0n) is 6.83. The van der Waals surface area contributed by atoms with E-state index in [0.29, 0.717) is 6.54 Å². The first-order valence-corrected chi connectivity index (χ1v) is 4.08. The van der Waals surface area contributed by atoms with Crippen LogP contribution in [0.1, 0.15) is 0 Å². The van der Waals surface area contributed by atoms with Crippen LogP contribution in [0.4, 0.5) is 0 Å². The number of nitrogens with zero attached hydrogens (tertiary/aromatic N) is 1. The third-order valence-electron chi connectivity index (χ3n) is 1.90. The second-order valence-electron chi connectivity index (χ2n) is 2.91. The minimum atomic E-state index is 0.119. The number of rotatable bonds is 3. The third kappa shape index (κ3) is 3.16. The fourth-order valence-corrected chi connectivity index (χ4v) is 1.19. The van der Waals surface area contributed by atoms with E-state index in [1.165, 1.54) is 0 Å². The Kier molecular flexibility index (Phi) is 3.79. The number of ether oxygens (including phenoxy) is 1. The summed E-state index contributed by atoms with van der Waals surface area (Å²) in [5.74, 6) is 0. The summed E-state index contributed by atoms with van der Waals surface area (Å²) in [7, 11) is 0. The van der Waals surface area contributed by atoms with Crippen molar-refractivity contribution in [1.29, 1.82) is 0 Å². The van der Waals surface area contributed by atoms with Crippen molar-refractivity contribution in [2.75, 3.05) is 39.4 Å². The Morgan fingerprint density at radius 1 is 1.36 bits per heavy atom. The van der Waals surface area contributed by atoms with Gasteiger partial charge in [0.25, 0.3) is 0 Å². The lowest BCUT2D eigenvalue weighted by Gasteiger charge is -2.28. The Labute approximate surface area is 67.5 Å². The number of nitrogens with two attached hydrogens (primary N) is 2. The van der Waals surface area contributed by atoms with Crippen molar-refractivity contribution in [2.45, 2.75) is 6.04 Å². The van der Waals surface area contributed by atoms with Crippen LogP contribution < -0.4 is 11.5 Å². The first-order chi connectivity index (χ1) is 5.33. The third-order valence-corrected chi connectivity index (χ3v) is 1.90. The molecule has 0 amide bonds. The van der Waals surface area contributed by atoms with Crippen molar-refractivity contribution in [3.63, 3.8) is 0 Å². The number of hydrogen-bond acceptors (Lipinski definition) is 4. The van der Waals surface area contributed by atoms with Crippen LogP contribution >= 0.6 is 0 Å². The molecule has 1 saturated heterocycles. The van der Waals surface area contributed by atoms with Crippen molar-refractivity contribution >= 4 is 0 Å². The molecule has 0 saturated carbocycles. The average molecular weight is 159 g/mol. The summed E-state index contributed by atoms with van der Waals surface area (Å²) in [5.41, 5.74) is 11.1. The summed E-state index contributed by atoms with van der Waals surface area (Å²) >= 11 is 0. The molecule has 0 spiro atoms. The lowest BCUT2D eigenvalue weighted by atomic mass is 10.3. The molecule has 1 aliphatic rings. The molecule has 0 aliphatic carbocycles. The smallest absolute Gasteiger partial charge is 0.0594 e. The fraction of sp³-hybridized carbons (Fsp3) is 1.00. The standard InChI is InChI=1S/C7H17N3O/c8-5-7(9)6-10-1-3-11-4-2-10/h7H,1-6,8-9H2/t7-/m0/s1. The van der Waals surface area contributed by atoms with E-state index in [0.717, 1.165) is 32.8 Å². The van der Waals surface area contributed by atoms with E-state index in [9.17, 15) is 0 Å². The highest BCUT2D eigenvalue weighted by Gasteiger charge is 2.12. The molecule has 0 aromatic rings. The quantitative estimate of drug-likeness (QED) is 0.532. The summed E-state index contributed by atoms with van der Waals surface area (Å²) < 4.78 is 5.20. The zero-order valence-corrected chi connectivity index (χ0v) is 6.83. The predicted molar refractivity (Wildman–Crippen MR) is 44.3 cm³/mol. The molecule has 0 aromatic carbocycles. The first kappa shape index (κ1) is 8.93. The highest BCUT2D eigenvalue weighted by Crippen LogP contribution is 1.96. The minimum Gasteiger partial charge on any atom is -0.379 e. The number of morpholine rings is 1. The molecule has 4 N–H and O–H groups in total. The molecule has 0 unspecified atom stereocenters. The summed E-state index contributed by atoms with van der Waals surface area (Å²) in [6.07, 6.45) is 0. The van der Waals surface area contributed by atoms with Crippen molar-refractivity contribution in [3.05, 3.63) is 0 Å². The molecular formula is C7H17N3O. The highest BCUT2D eigenvalue weighted by atomic mass is 16.5. The van der Waals surface area contributed by atoms with Crippen LogP contribution in [0, 0.1) is 0 Å².